The van der Waals surface area contributed by atoms with Crippen LogP contribution in [0.25, 0.3) is 0 Å². The maximum atomic E-state index is 5.53. The lowest BCUT2D eigenvalue weighted by Gasteiger charge is -2.06. The van der Waals surface area contributed by atoms with E-state index in [9.17, 15) is 0 Å². The van der Waals surface area contributed by atoms with E-state index < -0.39 is 0 Å². The molecule has 1 heterocycles. The lowest BCUT2D eigenvalue weighted by Crippen LogP contribution is -1.98. The van der Waals surface area contributed by atoms with Crippen molar-refractivity contribution in [3.8, 4) is 0 Å². The van der Waals surface area contributed by atoms with Crippen LogP contribution in [-0.2, 0) is 6.54 Å². The number of hydrogen-bond donors (Lipinski definition) is 1. The second-order valence-electron chi connectivity index (χ2n) is 4.52. The summed E-state index contributed by atoms with van der Waals surface area (Å²) in [6, 6.07) is 12.7. The number of aromatic nitrogens is 1. The van der Waals surface area contributed by atoms with E-state index in [4.69, 9.17) is 5.73 Å². The molecule has 0 bridgehead atoms. The Kier molecular flexibility index (Phi) is 4.39. The third kappa shape index (κ3) is 3.34. The van der Waals surface area contributed by atoms with Gasteiger partial charge in [0, 0.05) is 22.5 Å². The summed E-state index contributed by atoms with van der Waals surface area (Å²) >= 11 is 1.72. The van der Waals surface area contributed by atoms with Crippen LogP contribution in [-0.4, -0.2) is 4.98 Å². The zero-order chi connectivity index (χ0) is 13.0. The van der Waals surface area contributed by atoms with Gasteiger partial charge in [-0.2, -0.15) is 0 Å². The Morgan fingerprint density at radius 3 is 2.22 bits per heavy atom. The fourth-order valence-electron chi connectivity index (χ4n) is 1.65. The van der Waals surface area contributed by atoms with Gasteiger partial charge in [-0.25, -0.2) is 0 Å². The van der Waals surface area contributed by atoms with Crippen LogP contribution in [0.2, 0.25) is 0 Å². The monoisotopic (exact) mass is 258 g/mol. The Bertz CT molecular complexity index is 489. The Morgan fingerprint density at radius 1 is 1.06 bits per heavy atom. The topological polar surface area (TPSA) is 38.9 Å². The number of pyridine rings is 1. The average molecular weight is 258 g/mol. The molecule has 0 atom stereocenters. The van der Waals surface area contributed by atoms with Crippen molar-refractivity contribution in [1.82, 2.24) is 4.98 Å². The molecule has 0 fully saturated rings. The van der Waals surface area contributed by atoms with Gasteiger partial charge >= 0.3 is 0 Å². The van der Waals surface area contributed by atoms with E-state index in [1.165, 1.54) is 10.5 Å². The molecule has 2 aromatic rings. The standard InChI is InChI=1S/C15H18N2S/c1-11(2)12-3-6-14(7-4-12)18-15-8-5-13(9-16)17-10-15/h3-8,10-11H,9,16H2,1-2H3. The SMILES string of the molecule is CC(C)c1ccc(Sc2ccc(CN)nc2)cc1. The summed E-state index contributed by atoms with van der Waals surface area (Å²) in [6.45, 7) is 4.91. The molecule has 1 aromatic carbocycles. The minimum Gasteiger partial charge on any atom is -0.325 e. The number of hydrogen-bond acceptors (Lipinski definition) is 3. The number of nitrogens with zero attached hydrogens (tertiary/aromatic N) is 1. The molecule has 94 valence electrons. The molecule has 0 saturated heterocycles. The smallest absolute Gasteiger partial charge is 0.0540 e. The molecule has 0 radical (unpaired) electrons. The Morgan fingerprint density at radius 2 is 1.72 bits per heavy atom. The molecule has 0 amide bonds. The Balaban J connectivity index is 2.08. The molecular weight excluding hydrogens is 240 g/mol. The fraction of sp³-hybridized carbons (Fsp3) is 0.267. The second kappa shape index (κ2) is 6.03. The van der Waals surface area contributed by atoms with Crippen molar-refractivity contribution in [2.75, 3.05) is 0 Å². The van der Waals surface area contributed by atoms with Gasteiger partial charge in [0.25, 0.3) is 0 Å². The molecule has 0 aliphatic heterocycles. The highest BCUT2D eigenvalue weighted by Gasteiger charge is 2.01. The molecule has 2 N–H and O–H groups in total. The maximum Gasteiger partial charge on any atom is 0.0540 e. The molecule has 0 unspecified atom stereocenters. The second-order valence-corrected chi connectivity index (χ2v) is 5.66. The predicted octanol–water partition coefficient (Wildman–Crippen LogP) is 3.81. The number of rotatable bonds is 4. The van der Waals surface area contributed by atoms with E-state index in [1.54, 1.807) is 11.8 Å². The van der Waals surface area contributed by atoms with Crippen LogP contribution in [0.5, 0.6) is 0 Å². The minimum absolute atomic E-state index is 0.494. The third-order valence-corrected chi connectivity index (χ3v) is 3.77. The van der Waals surface area contributed by atoms with Gasteiger partial charge in [0.2, 0.25) is 0 Å². The van der Waals surface area contributed by atoms with Crippen LogP contribution >= 0.6 is 11.8 Å². The summed E-state index contributed by atoms with van der Waals surface area (Å²) in [4.78, 5) is 6.67. The predicted molar refractivity (Wildman–Crippen MR) is 76.8 cm³/mol. The van der Waals surface area contributed by atoms with Crippen molar-refractivity contribution < 1.29 is 0 Å². The number of benzene rings is 1. The summed E-state index contributed by atoms with van der Waals surface area (Å²) in [7, 11) is 0. The summed E-state index contributed by atoms with van der Waals surface area (Å²) in [5, 5.41) is 0. The third-order valence-electron chi connectivity index (χ3n) is 2.79. The van der Waals surface area contributed by atoms with Crippen LogP contribution in [0.4, 0.5) is 0 Å². The molecule has 18 heavy (non-hydrogen) atoms. The van der Waals surface area contributed by atoms with Gasteiger partial charge in [-0.3, -0.25) is 4.98 Å². The average Bonchev–Trinajstić information content (AvgIpc) is 2.40. The van der Waals surface area contributed by atoms with Crippen molar-refractivity contribution in [2.24, 2.45) is 5.73 Å². The molecule has 0 saturated carbocycles. The van der Waals surface area contributed by atoms with Gasteiger partial charge in [-0.15, -0.1) is 0 Å². The molecular formula is C15H18N2S. The van der Waals surface area contributed by atoms with Crippen LogP contribution in [0, 0.1) is 0 Å². The lowest BCUT2D eigenvalue weighted by molar-refractivity contribution is 0.865. The summed E-state index contributed by atoms with van der Waals surface area (Å²) in [6.07, 6.45) is 1.88. The first-order valence-corrected chi connectivity index (χ1v) is 6.93. The van der Waals surface area contributed by atoms with Crippen molar-refractivity contribution in [3.05, 3.63) is 53.9 Å². The first-order valence-electron chi connectivity index (χ1n) is 6.12. The van der Waals surface area contributed by atoms with Crippen LogP contribution < -0.4 is 5.73 Å². The zero-order valence-electron chi connectivity index (χ0n) is 10.8. The zero-order valence-corrected chi connectivity index (χ0v) is 11.6. The lowest BCUT2D eigenvalue weighted by atomic mass is 10.0. The van der Waals surface area contributed by atoms with Gasteiger partial charge in [0.15, 0.2) is 0 Å². The summed E-state index contributed by atoms with van der Waals surface area (Å²) < 4.78 is 0. The van der Waals surface area contributed by atoms with E-state index in [2.05, 4.69) is 49.2 Å². The first kappa shape index (κ1) is 13.1. The Hall–Kier alpha value is -1.32. The van der Waals surface area contributed by atoms with Crippen LogP contribution in [0.1, 0.15) is 31.0 Å². The first-order chi connectivity index (χ1) is 8.69. The molecule has 3 heteroatoms. The van der Waals surface area contributed by atoms with Crippen molar-refractivity contribution in [3.63, 3.8) is 0 Å². The van der Waals surface area contributed by atoms with Crippen molar-refractivity contribution in [1.29, 1.82) is 0 Å². The molecule has 0 aliphatic rings. The fourth-order valence-corrected chi connectivity index (χ4v) is 2.43. The van der Waals surface area contributed by atoms with Gasteiger partial charge in [-0.1, -0.05) is 37.7 Å². The normalized spacial score (nSPS) is 10.9. The molecule has 2 nitrogen and oxygen atoms in total. The van der Waals surface area contributed by atoms with Gasteiger partial charge < -0.3 is 5.73 Å². The minimum atomic E-state index is 0.494. The molecule has 2 rings (SSSR count). The number of nitrogens with two attached hydrogens (primary N) is 1. The highest BCUT2D eigenvalue weighted by Crippen LogP contribution is 2.28. The van der Waals surface area contributed by atoms with Gasteiger partial charge in [0.1, 0.15) is 0 Å². The Labute approximate surface area is 113 Å². The van der Waals surface area contributed by atoms with E-state index >= 15 is 0 Å². The largest absolute Gasteiger partial charge is 0.325 e. The van der Waals surface area contributed by atoms with Crippen LogP contribution in [0.15, 0.2) is 52.4 Å². The van der Waals surface area contributed by atoms with Gasteiger partial charge in [0.05, 0.1) is 5.69 Å². The maximum absolute atomic E-state index is 5.53. The highest BCUT2D eigenvalue weighted by molar-refractivity contribution is 7.99. The van der Waals surface area contributed by atoms with Crippen LogP contribution in [0.3, 0.4) is 0 Å². The van der Waals surface area contributed by atoms with E-state index in [-0.39, 0.29) is 0 Å². The van der Waals surface area contributed by atoms with Crippen molar-refractivity contribution in [2.45, 2.75) is 36.1 Å². The van der Waals surface area contributed by atoms with Crippen molar-refractivity contribution >= 4 is 11.8 Å². The van der Waals surface area contributed by atoms with E-state index in [0.717, 1.165) is 10.6 Å². The molecule has 0 spiro atoms. The quantitative estimate of drug-likeness (QED) is 0.906. The van der Waals surface area contributed by atoms with E-state index in [1.807, 2.05) is 12.3 Å². The molecule has 1 aromatic heterocycles. The molecule has 0 aliphatic carbocycles. The van der Waals surface area contributed by atoms with E-state index in [0.29, 0.717) is 12.5 Å². The summed E-state index contributed by atoms with van der Waals surface area (Å²) in [5.74, 6) is 0.578. The highest BCUT2D eigenvalue weighted by atomic mass is 32.2. The van der Waals surface area contributed by atoms with Gasteiger partial charge in [-0.05, 0) is 35.7 Å². The summed E-state index contributed by atoms with van der Waals surface area (Å²) in [5.41, 5.74) is 7.82.